The third-order valence-electron chi connectivity index (χ3n) is 4.80. The van der Waals surface area contributed by atoms with Crippen LogP contribution in [-0.2, 0) is 9.59 Å². The van der Waals surface area contributed by atoms with Gasteiger partial charge in [-0.05, 0) is 50.3 Å². The summed E-state index contributed by atoms with van der Waals surface area (Å²) in [6.45, 7) is 1.22. The highest BCUT2D eigenvalue weighted by Crippen LogP contribution is 2.37. The molecule has 6 heteroatoms. The van der Waals surface area contributed by atoms with Gasteiger partial charge >= 0.3 is 0 Å². The van der Waals surface area contributed by atoms with Crippen LogP contribution in [0.15, 0.2) is 72.3 Å². The van der Waals surface area contributed by atoms with Gasteiger partial charge in [-0.2, -0.15) is 0 Å². The van der Waals surface area contributed by atoms with E-state index < -0.39 is 17.7 Å². The minimum absolute atomic E-state index is 0.0973. The Kier molecular flexibility index (Phi) is 6.57. The number of allylic oxidation sites excluding steroid dienone is 1. The topological polar surface area (TPSA) is 73.7 Å². The number of hydrogen-bond acceptors (Lipinski definition) is 5. The second kappa shape index (κ2) is 9.30. The molecule has 1 aromatic carbocycles. The molecule has 2 heterocycles. The van der Waals surface area contributed by atoms with E-state index in [1.54, 1.807) is 29.4 Å². The van der Waals surface area contributed by atoms with Crippen LogP contribution >= 0.6 is 0 Å². The molecule has 6 nitrogen and oxygen atoms in total. The monoisotopic (exact) mass is 391 g/mol. The van der Waals surface area contributed by atoms with Crippen LogP contribution in [-0.4, -0.2) is 58.8 Å². The lowest BCUT2D eigenvalue weighted by Crippen LogP contribution is -2.33. The first kappa shape index (κ1) is 20.5. The van der Waals surface area contributed by atoms with E-state index in [1.165, 1.54) is 6.08 Å². The molecule has 29 heavy (non-hydrogen) atoms. The van der Waals surface area contributed by atoms with Gasteiger partial charge in [0.2, 0.25) is 0 Å². The van der Waals surface area contributed by atoms with Crippen molar-refractivity contribution in [2.75, 3.05) is 27.2 Å². The van der Waals surface area contributed by atoms with Gasteiger partial charge < -0.3 is 14.9 Å². The number of aliphatic hydroxyl groups excluding tert-OH is 1. The standard InChI is InChI=1S/C23H25N3O3/c1-25(2)14-7-15-26-21(18-10-6-13-24-16-18)20(22(28)23(26)29)19(27)12-11-17-8-4-3-5-9-17/h3-6,8-13,16,21,28H,7,14-15H2,1-2H3/b12-11+. The molecule has 1 unspecified atom stereocenters. The van der Waals surface area contributed by atoms with E-state index in [0.717, 1.165) is 18.5 Å². The Bertz CT molecular complexity index is 921. The fraction of sp³-hybridized carbons (Fsp3) is 0.261. The summed E-state index contributed by atoms with van der Waals surface area (Å²) < 4.78 is 0. The van der Waals surface area contributed by atoms with E-state index in [4.69, 9.17) is 0 Å². The van der Waals surface area contributed by atoms with Gasteiger partial charge in [-0.15, -0.1) is 0 Å². The first-order valence-electron chi connectivity index (χ1n) is 9.55. The summed E-state index contributed by atoms with van der Waals surface area (Å²) in [7, 11) is 3.92. The van der Waals surface area contributed by atoms with Gasteiger partial charge in [0.05, 0.1) is 11.6 Å². The van der Waals surface area contributed by atoms with Crippen LogP contribution in [0.25, 0.3) is 6.08 Å². The number of aromatic nitrogens is 1. The second-order valence-corrected chi connectivity index (χ2v) is 7.21. The zero-order chi connectivity index (χ0) is 20.8. The molecule has 0 aliphatic carbocycles. The van der Waals surface area contributed by atoms with Gasteiger partial charge in [-0.25, -0.2) is 0 Å². The number of pyridine rings is 1. The fourth-order valence-electron chi connectivity index (χ4n) is 3.40. The zero-order valence-corrected chi connectivity index (χ0v) is 16.7. The molecule has 1 aliphatic heterocycles. The van der Waals surface area contributed by atoms with E-state index >= 15 is 0 Å². The third-order valence-corrected chi connectivity index (χ3v) is 4.80. The number of benzene rings is 1. The fourth-order valence-corrected chi connectivity index (χ4v) is 3.40. The van der Waals surface area contributed by atoms with Crippen molar-refractivity contribution in [3.05, 3.63) is 83.4 Å². The summed E-state index contributed by atoms with van der Waals surface area (Å²) >= 11 is 0. The van der Waals surface area contributed by atoms with Crippen molar-refractivity contribution >= 4 is 17.8 Å². The molecule has 0 fully saturated rings. The smallest absolute Gasteiger partial charge is 0.290 e. The lowest BCUT2D eigenvalue weighted by Gasteiger charge is -2.26. The highest BCUT2D eigenvalue weighted by molar-refractivity contribution is 6.14. The van der Waals surface area contributed by atoms with E-state index in [2.05, 4.69) is 4.98 Å². The van der Waals surface area contributed by atoms with Crippen LogP contribution in [0.1, 0.15) is 23.6 Å². The van der Waals surface area contributed by atoms with Crippen LogP contribution in [0.4, 0.5) is 0 Å². The SMILES string of the molecule is CN(C)CCCN1C(=O)C(O)=C(C(=O)/C=C/c2ccccc2)C1c1cccnc1. The van der Waals surface area contributed by atoms with Crippen molar-refractivity contribution in [3.8, 4) is 0 Å². The lowest BCUT2D eigenvalue weighted by atomic mass is 9.96. The molecular formula is C23H25N3O3. The van der Waals surface area contributed by atoms with Gasteiger partial charge in [-0.1, -0.05) is 42.5 Å². The van der Waals surface area contributed by atoms with E-state index in [1.807, 2.05) is 55.4 Å². The van der Waals surface area contributed by atoms with E-state index in [9.17, 15) is 14.7 Å². The van der Waals surface area contributed by atoms with Crippen LogP contribution in [0.5, 0.6) is 0 Å². The number of ketones is 1. The summed E-state index contributed by atoms with van der Waals surface area (Å²) in [6, 6.07) is 12.3. The van der Waals surface area contributed by atoms with E-state index in [0.29, 0.717) is 12.1 Å². The average molecular weight is 391 g/mol. The highest BCUT2D eigenvalue weighted by atomic mass is 16.3. The second-order valence-electron chi connectivity index (χ2n) is 7.21. The van der Waals surface area contributed by atoms with Gasteiger partial charge in [-0.3, -0.25) is 14.6 Å². The first-order valence-corrected chi connectivity index (χ1v) is 9.55. The van der Waals surface area contributed by atoms with Crippen LogP contribution < -0.4 is 0 Å². The molecule has 0 bridgehead atoms. The normalized spacial score (nSPS) is 17.0. The summed E-state index contributed by atoms with van der Waals surface area (Å²) in [6.07, 6.45) is 7.08. The van der Waals surface area contributed by atoms with Crippen LogP contribution in [0.3, 0.4) is 0 Å². The number of carbonyl (C=O) groups excluding carboxylic acids is 2. The number of carbonyl (C=O) groups is 2. The molecule has 2 aromatic rings. The molecule has 3 rings (SSSR count). The Morgan fingerprint density at radius 3 is 2.62 bits per heavy atom. The largest absolute Gasteiger partial charge is 0.503 e. The maximum atomic E-state index is 13.0. The molecular weight excluding hydrogens is 366 g/mol. The number of hydrogen-bond donors (Lipinski definition) is 1. The Labute approximate surface area is 170 Å². The predicted octanol–water partition coefficient (Wildman–Crippen LogP) is 3.01. The van der Waals surface area contributed by atoms with Gasteiger partial charge in [0.15, 0.2) is 11.5 Å². The number of rotatable bonds is 8. The van der Waals surface area contributed by atoms with Gasteiger partial charge in [0.25, 0.3) is 5.91 Å². The zero-order valence-electron chi connectivity index (χ0n) is 16.7. The van der Waals surface area contributed by atoms with E-state index in [-0.39, 0.29) is 11.4 Å². The van der Waals surface area contributed by atoms with Crippen molar-refractivity contribution < 1.29 is 14.7 Å². The maximum Gasteiger partial charge on any atom is 0.290 e. The summed E-state index contributed by atoms with van der Waals surface area (Å²) in [5, 5.41) is 10.5. The molecule has 1 atom stereocenters. The molecule has 1 amide bonds. The number of nitrogens with zero attached hydrogens (tertiary/aromatic N) is 3. The molecule has 0 saturated carbocycles. The molecule has 0 spiro atoms. The minimum Gasteiger partial charge on any atom is -0.503 e. The Morgan fingerprint density at radius 2 is 1.97 bits per heavy atom. The van der Waals surface area contributed by atoms with Crippen LogP contribution in [0.2, 0.25) is 0 Å². The molecule has 1 N–H and O–H groups in total. The average Bonchev–Trinajstić information content (AvgIpc) is 2.98. The number of amides is 1. The number of aliphatic hydroxyl groups is 1. The van der Waals surface area contributed by atoms with Crippen LogP contribution in [0, 0.1) is 0 Å². The minimum atomic E-state index is -0.647. The Balaban J connectivity index is 1.91. The molecule has 0 saturated heterocycles. The maximum absolute atomic E-state index is 13.0. The molecule has 0 radical (unpaired) electrons. The highest BCUT2D eigenvalue weighted by Gasteiger charge is 2.42. The Morgan fingerprint density at radius 1 is 1.21 bits per heavy atom. The van der Waals surface area contributed by atoms with Crippen molar-refractivity contribution in [3.63, 3.8) is 0 Å². The van der Waals surface area contributed by atoms with Gasteiger partial charge in [0, 0.05) is 18.9 Å². The van der Waals surface area contributed by atoms with Crippen molar-refractivity contribution in [1.82, 2.24) is 14.8 Å². The molecule has 1 aromatic heterocycles. The first-order chi connectivity index (χ1) is 14.0. The van der Waals surface area contributed by atoms with Crippen molar-refractivity contribution in [2.24, 2.45) is 0 Å². The Hall–Kier alpha value is -3.25. The summed E-state index contributed by atoms with van der Waals surface area (Å²) in [5.41, 5.74) is 1.66. The molecule has 1 aliphatic rings. The van der Waals surface area contributed by atoms with Crippen molar-refractivity contribution in [1.29, 1.82) is 0 Å². The van der Waals surface area contributed by atoms with Crippen molar-refractivity contribution in [2.45, 2.75) is 12.5 Å². The summed E-state index contributed by atoms with van der Waals surface area (Å²) in [4.78, 5) is 33.4. The summed E-state index contributed by atoms with van der Waals surface area (Å²) in [5.74, 6) is -1.39. The molecule has 150 valence electrons. The quantitative estimate of drug-likeness (QED) is 0.701. The predicted molar refractivity (Wildman–Crippen MR) is 112 cm³/mol. The van der Waals surface area contributed by atoms with Gasteiger partial charge in [0.1, 0.15) is 0 Å². The third kappa shape index (κ3) is 4.78. The lowest BCUT2D eigenvalue weighted by molar-refractivity contribution is -0.129.